The molecule has 18 heavy (non-hydrogen) atoms. The second-order valence-electron chi connectivity index (χ2n) is 5.73. The molecule has 2 N–H and O–H groups in total. The first kappa shape index (κ1) is 13.5. The highest BCUT2D eigenvalue weighted by atomic mass is 19.1. The number of nitrogens with two attached hydrogens (primary N) is 1. The molecular weight excluding hydrogens is 232 g/mol. The SMILES string of the molecule is CC(C)c1cc(C2(N)CCCCC2)c(F)cc1F. The third-order valence-corrected chi connectivity index (χ3v) is 3.99. The van der Waals surface area contributed by atoms with Crippen LogP contribution in [0.25, 0.3) is 0 Å². The molecule has 0 saturated heterocycles. The van der Waals surface area contributed by atoms with Gasteiger partial charge >= 0.3 is 0 Å². The molecule has 0 amide bonds. The van der Waals surface area contributed by atoms with Gasteiger partial charge in [-0.05, 0) is 30.4 Å². The predicted molar refractivity (Wildman–Crippen MR) is 69.4 cm³/mol. The van der Waals surface area contributed by atoms with Gasteiger partial charge < -0.3 is 5.73 Å². The highest BCUT2D eigenvalue weighted by Crippen LogP contribution is 2.37. The maximum Gasteiger partial charge on any atom is 0.131 e. The summed E-state index contributed by atoms with van der Waals surface area (Å²) in [5, 5.41) is 0. The molecule has 2 rings (SSSR count). The molecule has 1 nitrogen and oxygen atoms in total. The Morgan fingerprint density at radius 2 is 1.67 bits per heavy atom. The van der Waals surface area contributed by atoms with E-state index in [2.05, 4.69) is 0 Å². The molecule has 0 bridgehead atoms. The van der Waals surface area contributed by atoms with Crippen molar-refractivity contribution in [3.05, 3.63) is 34.9 Å². The van der Waals surface area contributed by atoms with Gasteiger partial charge in [0, 0.05) is 17.2 Å². The van der Waals surface area contributed by atoms with Crippen molar-refractivity contribution in [1.82, 2.24) is 0 Å². The zero-order valence-corrected chi connectivity index (χ0v) is 11.1. The summed E-state index contributed by atoms with van der Waals surface area (Å²) in [6.45, 7) is 3.81. The minimum Gasteiger partial charge on any atom is -0.321 e. The second-order valence-corrected chi connectivity index (χ2v) is 5.73. The van der Waals surface area contributed by atoms with Gasteiger partial charge in [0.2, 0.25) is 0 Å². The molecule has 1 fully saturated rings. The molecule has 0 aromatic heterocycles. The van der Waals surface area contributed by atoms with E-state index in [-0.39, 0.29) is 5.92 Å². The van der Waals surface area contributed by atoms with Crippen molar-refractivity contribution in [3.63, 3.8) is 0 Å². The standard InChI is InChI=1S/C15H21F2N/c1-10(2)11-8-12(14(17)9-13(11)16)15(18)6-4-3-5-7-15/h8-10H,3-7,18H2,1-2H3. The van der Waals surface area contributed by atoms with E-state index in [4.69, 9.17) is 5.73 Å². The fourth-order valence-electron chi connectivity index (χ4n) is 2.84. The van der Waals surface area contributed by atoms with E-state index in [0.717, 1.165) is 38.2 Å². The van der Waals surface area contributed by atoms with Crippen LogP contribution in [-0.2, 0) is 5.54 Å². The lowest BCUT2D eigenvalue weighted by atomic mass is 9.76. The fourth-order valence-corrected chi connectivity index (χ4v) is 2.84. The van der Waals surface area contributed by atoms with Gasteiger partial charge in [0.15, 0.2) is 0 Å². The van der Waals surface area contributed by atoms with Gasteiger partial charge in [0.1, 0.15) is 11.6 Å². The summed E-state index contributed by atoms with van der Waals surface area (Å²) in [7, 11) is 0. The van der Waals surface area contributed by atoms with E-state index in [0.29, 0.717) is 11.1 Å². The van der Waals surface area contributed by atoms with Crippen LogP contribution >= 0.6 is 0 Å². The van der Waals surface area contributed by atoms with Gasteiger partial charge in [-0.1, -0.05) is 33.1 Å². The molecule has 0 spiro atoms. The quantitative estimate of drug-likeness (QED) is 0.839. The van der Waals surface area contributed by atoms with E-state index < -0.39 is 17.2 Å². The van der Waals surface area contributed by atoms with E-state index >= 15 is 0 Å². The zero-order valence-electron chi connectivity index (χ0n) is 11.1. The zero-order chi connectivity index (χ0) is 13.3. The maximum atomic E-state index is 14.0. The maximum absolute atomic E-state index is 14.0. The van der Waals surface area contributed by atoms with Crippen molar-refractivity contribution in [2.75, 3.05) is 0 Å². The summed E-state index contributed by atoms with van der Waals surface area (Å²) < 4.78 is 27.7. The van der Waals surface area contributed by atoms with Gasteiger partial charge in [-0.15, -0.1) is 0 Å². The Morgan fingerprint density at radius 3 is 2.22 bits per heavy atom. The summed E-state index contributed by atoms with van der Waals surface area (Å²) >= 11 is 0. The first-order valence-electron chi connectivity index (χ1n) is 6.72. The molecule has 1 saturated carbocycles. The van der Waals surface area contributed by atoms with Crippen molar-refractivity contribution in [1.29, 1.82) is 0 Å². The fraction of sp³-hybridized carbons (Fsp3) is 0.600. The molecule has 1 aliphatic rings. The molecular formula is C15H21F2N. The lowest BCUT2D eigenvalue weighted by Crippen LogP contribution is -2.39. The summed E-state index contributed by atoms with van der Waals surface area (Å²) in [5.41, 5.74) is 6.78. The van der Waals surface area contributed by atoms with Crippen LogP contribution in [0, 0.1) is 11.6 Å². The van der Waals surface area contributed by atoms with Gasteiger partial charge in [-0.2, -0.15) is 0 Å². The third-order valence-electron chi connectivity index (χ3n) is 3.99. The summed E-state index contributed by atoms with van der Waals surface area (Å²) in [4.78, 5) is 0. The molecule has 1 aromatic carbocycles. The van der Waals surface area contributed by atoms with Crippen LogP contribution in [0.2, 0.25) is 0 Å². The van der Waals surface area contributed by atoms with Crippen LogP contribution in [0.3, 0.4) is 0 Å². The molecule has 0 unspecified atom stereocenters. The van der Waals surface area contributed by atoms with E-state index in [9.17, 15) is 8.78 Å². The Labute approximate surface area is 107 Å². The normalized spacial score (nSPS) is 19.2. The van der Waals surface area contributed by atoms with Crippen molar-refractivity contribution in [2.24, 2.45) is 5.73 Å². The van der Waals surface area contributed by atoms with E-state index in [1.807, 2.05) is 13.8 Å². The molecule has 1 aliphatic carbocycles. The Bertz CT molecular complexity index is 434. The summed E-state index contributed by atoms with van der Waals surface area (Å²) in [6, 6.07) is 2.63. The molecule has 0 atom stereocenters. The van der Waals surface area contributed by atoms with Crippen molar-refractivity contribution >= 4 is 0 Å². The number of hydrogen-bond acceptors (Lipinski definition) is 1. The first-order chi connectivity index (χ1) is 8.44. The number of rotatable bonds is 2. The molecule has 1 aromatic rings. The van der Waals surface area contributed by atoms with E-state index in [1.165, 1.54) is 0 Å². The molecule has 0 heterocycles. The van der Waals surface area contributed by atoms with Gasteiger partial charge in [-0.3, -0.25) is 0 Å². The number of halogens is 2. The summed E-state index contributed by atoms with van der Waals surface area (Å²) in [5.74, 6) is -0.927. The van der Waals surface area contributed by atoms with Crippen LogP contribution in [-0.4, -0.2) is 0 Å². The van der Waals surface area contributed by atoms with Crippen LogP contribution in [0.5, 0.6) is 0 Å². The van der Waals surface area contributed by atoms with Crippen LogP contribution in [0.15, 0.2) is 12.1 Å². The topological polar surface area (TPSA) is 26.0 Å². The van der Waals surface area contributed by atoms with Crippen LogP contribution in [0.1, 0.15) is 63.0 Å². The van der Waals surface area contributed by atoms with Gasteiger partial charge in [0.25, 0.3) is 0 Å². The van der Waals surface area contributed by atoms with E-state index in [1.54, 1.807) is 6.07 Å². The van der Waals surface area contributed by atoms with Crippen molar-refractivity contribution in [3.8, 4) is 0 Å². The minimum absolute atomic E-state index is 0.0385. The average molecular weight is 253 g/mol. The summed E-state index contributed by atoms with van der Waals surface area (Å²) in [6.07, 6.45) is 4.76. The average Bonchev–Trinajstić information content (AvgIpc) is 2.29. The highest BCUT2D eigenvalue weighted by Gasteiger charge is 2.32. The lowest BCUT2D eigenvalue weighted by Gasteiger charge is -2.34. The Morgan fingerprint density at radius 1 is 1.06 bits per heavy atom. The van der Waals surface area contributed by atoms with Gasteiger partial charge in [0.05, 0.1) is 0 Å². The largest absolute Gasteiger partial charge is 0.321 e. The highest BCUT2D eigenvalue weighted by molar-refractivity contribution is 5.34. The monoisotopic (exact) mass is 253 g/mol. The molecule has 0 radical (unpaired) electrons. The van der Waals surface area contributed by atoms with Crippen LogP contribution < -0.4 is 5.73 Å². The Balaban J connectivity index is 2.46. The third kappa shape index (κ3) is 2.41. The van der Waals surface area contributed by atoms with Crippen molar-refractivity contribution in [2.45, 2.75) is 57.4 Å². The number of hydrogen-bond donors (Lipinski definition) is 1. The predicted octanol–water partition coefficient (Wildman–Crippen LogP) is 4.21. The Hall–Kier alpha value is -0.960. The molecule has 0 aliphatic heterocycles. The molecule has 3 heteroatoms. The Kier molecular flexibility index (Phi) is 3.71. The smallest absolute Gasteiger partial charge is 0.131 e. The van der Waals surface area contributed by atoms with Crippen molar-refractivity contribution < 1.29 is 8.78 Å². The van der Waals surface area contributed by atoms with Gasteiger partial charge in [-0.25, -0.2) is 8.78 Å². The lowest BCUT2D eigenvalue weighted by molar-refractivity contribution is 0.292. The minimum atomic E-state index is -0.611. The first-order valence-corrected chi connectivity index (χ1v) is 6.72. The van der Waals surface area contributed by atoms with Crippen LogP contribution in [0.4, 0.5) is 8.78 Å². The number of benzene rings is 1. The second kappa shape index (κ2) is 4.96. The molecule has 100 valence electrons.